The first-order valence-electron chi connectivity index (χ1n) is 6.84. The monoisotopic (exact) mass is 355 g/mol. The predicted molar refractivity (Wildman–Crippen MR) is 80.9 cm³/mol. The molecule has 1 saturated heterocycles. The van der Waals surface area contributed by atoms with E-state index in [2.05, 4.69) is 15.9 Å². The number of carboxylic acid groups (broad SMARTS) is 1. The van der Waals surface area contributed by atoms with Gasteiger partial charge in [0.1, 0.15) is 6.04 Å². The summed E-state index contributed by atoms with van der Waals surface area (Å²) in [5, 5.41) is 18.7. The second kappa shape index (κ2) is 6.58. The van der Waals surface area contributed by atoms with Gasteiger partial charge in [-0.3, -0.25) is 4.79 Å². The number of β-amino-alcohol motifs (C(OH)–C–C–N with tert-alkyl or cyclic N) is 1. The van der Waals surface area contributed by atoms with Crippen LogP contribution in [0.15, 0.2) is 28.7 Å². The molecule has 1 aromatic carbocycles. The van der Waals surface area contributed by atoms with Crippen LogP contribution in [0.1, 0.15) is 31.2 Å². The van der Waals surface area contributed by atoms with Crippen molar-refractivity contribution in [3.8, 4) is 0 Å². The summed E-state index contributed by atoms with van der Waals surface area (Å²) in [6.45, 7) is 2.03. The number of carbonyl (C=O) groups excluding carboxylic acids is 1. The number of aliphatic hydroxyl groups is 1. The van der Waals surface area contributed by atoms with Crippen LogP contribution in [0.2, 0.25) is 0 Å². The van der Waals surface area contributed by atoms with Gasteiger partial charge in [-0.1, -0.05) is 35.0 Å². The predicted octanol–water partition coefficient (Wildman–Crippen LogP) is 1.99. The number of aliphatic carboxylic acids is 1. The largest absolute Gasteiger partial charge is 0.480 e. The summed E-state index contributed by atoms with van der Waals surface area (Å²) in [6, 6.07) is 6.79. The lowest BCUT2D eigenvalue weighted by Gasteiger charge is -2.23. The van der Waals surface area contributed by atoms with Crippen LogP contribution in [0.5, 0.6) is 0 Å². The van der Waals surface area contributed by atoms with E-state index < -0.39 is 18.1 Å². The van der Waals surface area contributed by atoms with Crippen molar-refractivity contribution in [1.29, 1.82) is 0 Å². The summed E-state index contributed by atoms with van der Waals surface area (Å²) >= 11 is 3.36. The first kappa shape index (κ1) is 16.0. The molecule has 2 N–H and O–H groups in total. The number of benzene rings is 1. The van der Waals surface area contributed by atoms with Gasteiger partial charge < -0.3 is 15.1 Å². The number of nitrogens with zero attached hydrogens (tertiary/aromatic N) is 1. The number of carboxylic acids is 1. The molecule has 1 amide bonds. The van der Waals surface area contributed by atoms with Crippen molar-refractivity contribution in [2.45, 2.75) is 37.8 Å². The minimum Gasteiger partial charge on any atom is -0.480 e. The van der Waals surface area contributed by atoms with Gasteiger partial charge in [-0.2, -0.15) is 0 Å². The van der Waals surface area contributed by atoms with Crippen LogP contribution in [-0.2, 0) is 9.59 Å². The Bertz CT molecular complexity index is 531. The van der Waals surface area contributed by atoms with Crippen molar-refractivity contribution >= 4 is 27.8 Å². The second-order valence-electron chi connectivity index (χ2n) is 5.45. The summed E-state index contributed by atoms with van der Waals surface area (Å²) in [6.07, 6.45) is -0.413. The Balaban J connectivity index is 2.03. The van der Waals surface area contributed by atoms with Crippen LogP contribution in [0.25, 0.3) is 0 Å². The van der Waals surface area contributed by atoms with Crippen LogP contribution in [0.4, 0.5) is 0 Å². The van der Waals surface area contributed by atoms with Crippen LogP contribution in [-0.4, -0.2) is 45.7 Å². The maximum absolute atomic E-state index is 12.3. The first-order valence-corrected chi connectivity index (χ1v) is 7.63. The molecule has 114 valence electrons. The number of hydrogen-bond donors (Lipinski definition) is 2. The average Bonchev–Trinajstić information content (AvgIpc) is 2.82. The third-order valence-electron chi connectivity index (χ3n) is 3.80. The standard InChI is InChI=1S/C15H18BrNO4/c1-9(10-2-4-11(16)5-3-10)6-14(19)17-8-12(18)7-13(17)15(20)21/h2-5,9,12-13,18H,6-8H2,1H3,(H,20,21)/t9?,12-,13+/m1/s1. The van der Waals surface area contributed by atoms with E-state index in [0.29, 0.717) is 0 Å². The highest BCUT2D eigenvalue weighted by molar-refractivity contribution is 9.10. The normalized spacial score (nSPS) is 23.1. The van der Waals surface area contributed by atoms with Crippen molar-refractivity contribution in [2.75, 3.05) is 6.54 Å². The van der Waals surface area contributed by atoms with Crippen LogP contribution < -0.4 is 0 Å². The zero-order chi connectivity index (χ0) is 15.6. The second-order valence-corrected chi connectivity index (χ2v) is 6.36. The summed E-state index contributed by atoms with van der Waals surface area (Å²) in [5.74, 6) is -1.29. The minimum atomic E-state index is -1.06. The molecule has 6 heteroatoms. The Labute approximate surface area is 131 Å². The molecular weight excluding hydrogens is 338 g/mol. The van der Waals surface area contributed by atoms with Gasteiger partial charge in [-0.15, -0.1) is 0 Å². The SMILES string of the molecule is CC(CC(=O)N1C[C@H](O)C[C@H]1C(=O)O)c1ccc(Br)cc1. The fourth-order valence-corrected chi connectivity index (χ4v) is 2.88. The molecule has 1 fully saturated rings. The molecule has 0 bridgehead atoms. The van der Waals surface area contributed by atoms with Crippen molar-refractivity contribution in [1.82, 2.24) is 4.90 Å². The van der Waals surface area contributed by atoms with E-state index in [4.69, 9.17) is 5.11 Å². The fraction of sp³-hybridized carbons (Fsp3) is 0.467. The number of amides is 1. The van der Waals surface area contributed by atoms with Gasteiger partial charge in [-0.25, -0.2) is 4.79 Å². The molecule has 1 unspecified atom stereocenters. The van der Waals surface area contributed by atoms with E-state index >= 15 is 0 Å². The number of hydrogen-bond acceptors (Lipinski definition) is 3. The zero-order valence-corrected chi connectivity index (χ0v) is 13.3. The zero-order valence-electron chi connectivity index (χ0n) is 11.7. The number of likely N-dealkylation sites (tertiary alicyclic amines) is 1. The first-order chi connectivity index (χ1) is 9.88. The van der Waals surface area contributed by atoms with Crippen molar-refractivity contribution in [3.63, 3.8) is 0 Å². The van der Waals surface area contributed by atoms with Gasteiger partial charge in [0.2, 0.25) is 5.91 Å². The van der Waals surface area contributed by atoms with E-state index in [9.17, 15) is 14.7 Å². The molecule has 1 aromatic rings. The van der Waals surface area contributed by atoms with Gasteiger partial charge >= 0.3 is 5.97 Å². The molecule has 1 aliphatic heterocycles. The summed E-state index contributed by atoms with van der Waals surface area (Å²) in [5.41, 5.74) is 1.03. The van der Waals surface area contributed by atoms with Gasteiger partial charge in [-0.05, 0) is 23.6 Å². The van der Waals surface area contributed by atoms with Gasteiger partial charge in [0.15, 0.2) is 0 Å². The van der Waals surface area contributed by atoms with Crippen LogP contribution >= 0.6 is 15.9 Å². The number of halogens is 1. The van der Waals surface area contributed by atoms with Gasteiger partial charge in [0.25, 0.3) is 0 Å². The van der Waals surface area contributed by atoms with E-state index in [1.165, 1.54) is 4.90 Å². The molecule has 1 heterocycles. The Kier molecular flexibility index (Phi) is 5.00. The topological polar surface area (TPSA) is 77.8 Å². The molecule has 1 aliphatic rings. The van der Waals surface area contributed by atoms with Gasteiger partial charge in [0, 0.05) is 23.9 Å². The van der Waals surface area contributed by atoms with E-state index in [1.807, 2.05) is 31.2 Å². The summed E-state index contributed by atoms with van der Waals surface area (Å²) < 4.78 is 0.971. The molecule has 2 rings (SSSR count). The van der Waals surface area contributed by atoms with Crippen molar-refractivity contribution in [3.05, 3.63) is 34.3 Å². The van der Waals surface area contributed by atoms with Crippen molar-refractivity contribution < 1.29 is 19.8 Å². The molecule has 0 aliphatic carbocycles. The van der Waals surface area contributed by atoms with Gasteiger partial charge in [0.05, 0.1) is 6.10 Å². The fourth-order valence-electron chi connectivity index (χ4n) is 2.61. The average molecular weight is 356 g/mol. The van der Waals surface area contributed by atoms with Crippen LogP contribution in [0, 0.1) is 0 Å². The maximum atomic E-state index is 12.3. The highest BCUT2D eigenvalue weighted by Crippen LogP contribution is 2.25. The molecule has 0 radical (unpaired) electrons. The number of aliphatic hydroxyl groups excluding tert-OH is 1. The molecule has 5 nitrogen and oxygen atoms in total. The number of carbonyl (C=O) groups is 2. The Hall–Kier alpha value is -1.40. The quantitative estimate of drug-likeness (QED) is 0.865. The lowest BCUT2D eigenvalue weighted by Crippen LogP contribution is -2.41. The molecule has 0 spiro atoms. The molecule has 21 heavy (non-hydrogen) atoms. The molecule has 3 atom stereocenters. The van der Waals surface area contributed by atoms with E-state index in [1.54, 1.807) is 0 Å². The third-order valence-corrected chi connectivity index (χ3v) is 4.33. The maximum Gasteiger partial charge on any atom is 0.326 e. The van der Waals surface area contributed by atoms with E-state index in [-0.39, 0.29) is 31.2 Å². The van der Waals surface area contributed by atoms with Crippen LogP contribution in [0.3, 0.4) is 0 Å². The minimum absolute atomic E-state index is 0.00205. The highest BCUT2D eigenvalue weighted by Gasteiger charge is 2.38. The lowest BCUT2D eigenvalue weighted by molar-refractivity contribution is -0.148. The third kappa shape index (κ3) is 3.83. The summed E-state index contributed by atoms with van der Waals surface area (Å²) in [7, 11) is 0. The van der Waals surface area contributed by atoms with Crippen molar-refractivity contribution in [2.24, 2.45) is 0 Å². The lowest BCUT2D eigenvalue weighted by atomic mass is 9.97. The highest BCUT2D eigenvalue weighted by atomic mass is 79.9. The Morgan fingerprint density at radius 1 is 1.38 bits per heavy atom. The summed E-state index contributed by atoms with van der Waals surface area (Å²) in [4.78, 5) is 24.7. The number of rotatable bonds is 4. The Morgan fingerprint density at radius 2 is 2.00 bits per heavy atom. The smallest absolute Gasteiger partial charge is 0.326 e. The molecular formula is C15H18BrNO4. The van der Waals surface area contributed by atoms with E-state index in [0.717, 1.165) is 10.0 Å². The molecule has 0 saturated carbocycles. The Morgan fingerprint density at radius 3 is 2.57 bits per heavy atom. The molecule has 0 aromatic heterocycles.